The van der Waals surface area contributed by atoms with E-state index in [1.807, 2.05) is 0 Å². The van der Waals surface area contributed by atoms with Crippen LogP contribution in [0.1, 0.15) is 18.1 Å². The first-order valence-electron chi connectivity index (χ1n) is 5.73. The van der Waals surface area contributed by atoms with Crippen LogP contribution in [0.15, 0.2) is 22.7 Å². The first-order chi connectivity index (χ1) is 7.68. The van der Waals surface area contributed by atoms with Crippen LogP contribution in [0.4, 0.5) is 0 Å². The number of benzene rings is 1. The molecule has 0 atom stereocenters. The van der Waals surface area contributed by atoms with Crippen molar-refractivity contribution in [2.45, 2.75) is 19.3 Å². The molecule has 1 N–H and O–H groups in total. The Morgan fingerprint density at radius 1 is 1.44 bits per heavy atom. The van der Waals surface area contributed by atoms with E-state index in [-0.39, 0.29) is 5.41 Å². The van der Waals surface area contributed by atoms with Gasteiger partial charge < -0.3 is 10.1 Å². The number of rotatable bonds is 4. The van der Waals surface area contributed by atoms with E-state index in [0.717, 1.165) is 30.8 Å². The Bertz CT molecular complexity index is 374. The molecule has 0 bridgehead atoms. The molecule has 1 saturated heterocycles. The van der Waals surface area contributed by atoms with Gasteiger partial charge in [0.25, 0.3) is 0 Å². The van der Waals surface area contributed by atoms with Crippen molar-refractivity contribution in [3.63, 3.8) is 0 Å². The second kappa shape index (κ2) is 4.86. The third kappa shape index (κ3) is 2.17. The Balaban J connectivity index is 2.28. The highest BCUT2D eigenvalue weighted by molar-refractivity contribution is 9.10. The Morgan fingerprint density at radius 3 is 2.75 bits per heavy atom. The Kier molecular flexibility index (Phi) is 3.67. The van der Waals surface area contributed by atoms with E-state index in [1.165, 1.54) is 11.1 Å². The molecule has 0 aliphatic carbocycles. The number of hydrogen-bond donors (Lipinski definition) is 1. The lowest BCUT2D eigenvalue weighted by Crippen LogP contribution is -2.53. The van der Waals surface area contributed by atoms with Crippen LogP contribution in [0.3, 0.4) is 0 Å². The van der Waals surface area contributed by atoms with E-state index < -0.39 is 0 Å². The van der Waals surface area contributed by atoms with Crippen molar-refractivity contribution in [1.82, 2.24) is 5.32 Å². The van der Waals surface area contributed by atoms with Crippen molar-refractivity contribution < 1.29 is 4.74 Å². The van der Waals surface area contributed by atoms with Crippen LogP contribution in [0.25, 0.3) is 0 Å². The summed E-state index contributed by atoms with van der Waals surface area (Å²) in [4.78, 5) is 0. The van der Waals surface area contributed by atoms with Crippen LogP contribution in [0.5, 0.6) is 0 Å². The van der Waals surface area contributed by atoms with Crippen molar-refractivity contribution in [3.05, 3.63) is 33.8 Å². The van der Waals surface area contributed by atoms with Gasteiger partial charge in [-0.05, 0) is 36.7 Å². The molecule has 1 heterocycles. The molecule has 88 valence electrons. The fraction of sp³-hybridized carbons (Fsp3) is 0.538. The molecule has 0 amide bonds. The van der Waals surface area contributed by atoms with Gasteiger partial charge in [-0.15, -0.1) is 0 Å². The number of nitrogens with one attached hydrogen (secondary N) is 1. The Morgan fingerprint density at radius 2 is 2.19 bits per heavy atom. The third-order valence-corrected chi connectivity index (χ3v) is 3.73. The molecule has 1 aromatic rings. The quantitative estimate of drug-likeness (QED) is 0.917. The minimum atomic E-state index is 0.184. The van der Waals surface area contributed by atoms with E-state index in [9.17, 15) is 0 Å². The second-order valence-corrected chi connectivity index (χ2v) is 5.43. The topological polar surface area (TPSA) is 21.3 Å². The van der Waals surface area contributed by atoms with Crippen LogP contribution >= 0.6 is 15.9 Å². The van der Waals surface area contributed by atoms with Crippen LogP contribution in [-0.4, -0.2) is 26.3 Å². The van der Waals surface area contributed by atoms with Crippen molar-refractivity contribution in [2.75, 3.05) is 26.3 Å². The smallest absolute Gasteiger partial charge is 0.0598 e. The minimum Gasteiger partial charge on any atom is -0.379 e. The first-order valence-corrected chi connectivity index (χ1v) is 6.52. The molecule has 0 radical (unpaired) electrons. The minimum absolute atomic E-state index is 0.184. The zero-order chi connectivity index (χ0) is 11.6. The molecule has 0 unspecified atom stereocenters. The maximum absolute atomic E-state index is 5.43. The Labute approximate surface area is 106 Å². The van der Waals surface area contributed by atoms with Gasteiger partial charge >= 0.3 is 0 Å². The highest BCUT2D eigenvalue weighted by Gasteiger charge is 2.40. The third-order valence-electron chi connectivity index (χ3n) is 3.24. The summed E-state index contributed by atoms with van der Waals surface area (Å²) in [6.07, 6.45) is 0. The molecule has 2 nitrogen and oxygen atoms in total. The molecule has 1 aromatic carbocycles. The first kappa shape index (κ1) is 12.1. The van der Waals surface area contributed by atoms with E-state index in [0.29, 0.717) is 0 Å². The standard InChI is InChI=1S/C13H18BrNO/c1-3-15-7-13(8-16-9-13)12-6-11(14)5-4-10(12)2/h4-6,15H,3,7-9H2,1-2H3. The molecule has 0 aromatic heterocycles. The average Bonchev–Trinajstić information content (AvgIpc) is 2.21. The van der Waals surface area contributed by atoms with E-state index >= 15 is 0 Å². The lowest BCUT2D eigenvalue weighted by atomic mass is 9.76. The van der Waals surface area contributed by atoms with Crippen LogP contribution in [-0.2, 0) is 10.2 Å². The van der Waals surface area contributed by atoms with Gasteiger partial charge in [-0.2, -0.15) is 0 Å². The predicted molar refractivity (Wildman–Crippen MR) is 69.9 cm³/mol. The maximum atomic E-state index is 5.43. The number of aryl methyl sites for hydroxylation is 1. The SMILES string of the molecule is CCNCC1(c2cc(Br)ccc2C)COC1. The van der Waals surface area contributed by atoms with Crippen molar-refractivity contribution >= 4 is 15.9 Å². The fourth-order valence-corrected chi connectivity index (χ4v) is 2.59. The summed E-state index contributed by atoms with van der Waals surface area (Å²) >= 11 is 3.55. The van der Waals surface area contributed by atoms with Crippen LogP contribution in [0.2, 0.25) is 0 Å². The number of halogens is 1. The lowest BCUT2D eigenvalue weighted by Gasteiger charge is -2.43. The predicted octanol–water partition coefficient (Wildman–Crippen LogP) is 2.64. The largest absolute Gasteiger partial charge is 0.379 e. The fourth-order valence-electron chi connectivity index (χ4n) is 2.23. The number of likely N-dealkylation sites (N-methyl/N-ethyl adjacent to an activating group) is 1. The molecule has 1 fully saturated rings. The number of hydrogen-bond acceptors (Lipinski definition) is 2. The van der Waals surface area contributed by atoms with Crippen LogP contribution in [0, 0.1) is 6.92 Å². The van der Waals surface area contributed by atoms with Gasteiger partial charge in [-0.25, -0.2) is 0 Å². The summed E-state index contributed by atoms with van der Waals surface area (Å²) in [5, 5.41) is 3.44. The monoisotopic (exact) mass is 283 g/mol. The lowest BCUT2D eigenvalue weighted by molar-refractivity contribution is -0.0591. The van der Waals surface area contributed by atoms with E-state index in [1.54, 1.807) is 0 Å². The molecule has 3 heteroatoms. The summed E-state index contributed by atoms with van der Waals surface area (Å²) in [6, 6.07) is 6.50. The molecule has 0 spiro atoms. The molecule has 0 saturated carbocycles. The highest BCUT2D eigenvalue weighted by atomic mass is 79.9. The summed E-state index contributed by atoms with van der Waals surface area (Å²) in [5.74, 6) is 0. The average molecular weight is 284 g/mol. The summed E-state index contributed by atoms with van der Waals surface area (Å²) in [7, 11) is 0. The summed E-state index contributed by atoms with van der Waals surface area (Å²) < 4.78 is 6.58. The second-order valence-electron chi connectivity index (χ2n) is 4.51. The molecular weight excluding hydrogens is 266 g/mol. The highest BCUT2D eigenvalue weighted by Crippen LogP contribution is 2.35. The zero-order valence-corrected chi connectivity index (χ0v) is 11.4. The van der Waals surface area contributed by atoms with Gasteiger partial charge in [0.2, 0.25) is 0 Å². The van der Waals surface area contributed by atoms with Gasteiger partial charge in [0, 0.05) is 11.0 Å². The molecule has 1 aliphatic heterocycles. The van der Waals surface area contributed by atoms with Crippen molar-refractivity contribution in [3.8, 4) is 0 Å². The van der Waals surface area contributed by atoms with Crippen LogP contribution < -0.4 is 5.32 Å². The molecule has 1 aliphatic rings. The summed E-state index contributed by atoms with van der Waals surface area (Å²) in [6.45, 7) is 7.99. The molecule has 16 heavy (non-hydrogen) atoms. The molecular formula is C13H18BrNO. The van der Waals surface area contributed by atoms with Crippen molar-refractivity contribution in [1.29, 1.82) is 0 Å². The van der Waals surface area contributed by atoms with E-state index in [4.69, 9.17) is 4.74 Å². The van der Waals surface area contributed by atoms with Gasteiger partial charge in [-0.3, -0.25) is 0 Å². The number of ether oxygens (including phenoxy) is 1. The van der Waals surface area contributed by atoms with Crippen molar-refractivity contribution in [2.24, 2.45) is 0 Å². The summed E-state index contributed by atoms with van der Waals surface area (Å²) in [5.41, 5.74) is 2.95. The maximum Gasteiger partial charge on any atom is 0.0598 e. The van der Waals surface area contributed by atoms with Gasteiger partial charge in [-0.1, -0.05) is 28.9 Å². The Hall–Kier alpha value is -0.380. The zero-order valence-electron chi connectivity index (χ0n) is 9.85. The van der Waals surface area contributed by atoms with E-state index in [2.05, 4.69) is 53.3 Å². The van der Waals surface area contributed by atoms with Gasteiger partial charge in [0.15, 0.2) is 0 Å². The normalized spacial score (nSPS) is 18.2. The van der Waals surface area contributed by atoms with Gasteiger partial charge in [0.1, 0.15) is 0 Å². The van der Waals surface area contributed by atoms with Gasteiger partial charge in [0.05, 0.1) is 18.6 Å². The molecule has 2 rings (SSSR count).